The highest BCUT2D eigenvalue weighted by atomic mass is 16.5. The summed E-state index contributed by atoms with van der Waals surface area (Å²) in [5.74, 6) is 2.00. The normalized spacial score (nSPS) is 14.9. The Morgan fingerprint density at radius 1 is 1.12 bits per heavy atom. The summed E-state index contributed by atoms with van der Waals surface area (Å²) in [7, 11) is 0. The first-order valence-electron chi connectivity index (χ1n) is 6.04. The van der Waals surface area contributed by atoms with E-state index in [2.05, 4.69) is 32.9 Å². The predicted molar refractivity (Wildman–Crippen MR) is 68.5 cm³/mol. The maximum atomic E-state index is 6.22. The van der Waals surface area contributed by atoms with E-state index < -0.39 is 0 Å². The zero-order valence-corrected chi connectivity index (χ0v) is 10.7. The van der Waals surface area contributed by atoms with Gasteiger partial charge in [0, 0.05) is 6.04 Å². The van der Waals surface area contributed by atoms with Gasteiger partial charge in [0.1, 0.15) is 5.75 Å². The highest BCUT2D eigenvalue weighted by molar-refractivity contribution is 5.29. The first-order valence-corrected chi connectivity index (χ1v) is 6.04. The molecule has 0 fully saturated rings. The molecule has 1 aromatic rings. The second-order valence-corrected chi connectivity index (χ2v) is 4.63. The van der Waals surface area contributed by atoms with E-state index >= 15 is 0 Å². The summed E-state index contributed by atoms with van der Waals surface area (Å²) in [6.45, 7) is 9.30. The molecule has 2 nitrogen and oxygen atoms in total. The molecular formula is C14H23NO. The molecule has 0 aliphatic heterocycles. The molecule has 16 heavy (non-hydrogen) atoms. The van der Waals surface area contributed by atoms with E-state index in [9.17, 15) is 0 Å². The molecule has 0 radical (unpaired) electrons. The summed E-state index contributed by atoms with van der Waals surface area (Å²) in [6.07, 6.45) is 0. The third-order valence-electron chi connectivity index (χ3n) is 3.19. The molecule has 90 valence electrons. The van der Waals surface area contributed by atoms with E-state index in [0.29, 0.717) is 18.4 Å². The highest BCUT2D eigenvalue weighted by Gasteiger charge is 2.17. The number of nitrogens with two attached hydrogens (primary N) is 1. The smallest absolute Gasteiger partial charge is 0.119 e. The molecule has 2 N–H and O–H groups in total. The maximum absolute atomic E-state index is 6.22. The standard InChI is InChI=1S/C14H23NO/c1-5-16-13-8-6-12(7-9-13)14(15)11(4)10(2)3/h6-11,14H,5,15H2,1-4H3. The zero-order valence-electron chi connectivity index (χ0n) is 10.7. The van der Waals surface area contributed by atoms with Crippen LogP contribution in [0.4, 0.5) is 0 Å². The molecule has 2 unspecified atom stereocenters. The Hall–Kier alpha value is -1.02. The van der Waals surface area contributed by atoms with Crippen molar-refractivity contribution >= 4 is 0 Å². The van der Waals surface area contributed by atoms with E-state index in [1.165, 1.54) is 5.56 Å². The van der Waals surface area contributed by atoms with E-state index in [-0.39, 0.29) is 6.04 Å². The van der Waals surface area contributed by atoms with Gasteiger partial charge in [-0.05, 0) is 36.5 Å². The lowest BCUT2D eigenvalue weighted by Gasteiger charge is -2.23. The minimum atomic E-state index is 0.107. The summed E-state index contributed by atoms with van der Waals surface area (Å²) >= 11 is 0. The molecule has 0 aliphatic carbocycles. The molecule has 0 spiro atoms. The molecular weight excluding hydrogens is 198 g/mol. The molecule has 2 atom stereocenters. The van der Waals surface area contributed by atoms with Crippen LogP contribution in [0.15, 0.2) is 24.3 Å². The van der Waals surface area contributed by atoms with E-state index in [0.717, 1.165) is 5.75 Å². The molecule has 2 heteroatoms. The van der Waals surface area contributed by atoms with Gasteiger partial charge in [-0.1, -0.05) is 32.9 Å². The third kappa shape index (κ3) is 3.24. The van der Waals surface area contributed by atoms with E-state index in [4.69, 9.17) is 10.5 Å². The van der Waals surface area contributed by atoms with Crippen molar-refractivity contribution in [1.82, 2.24) is 0 Å². The van der Waals surface area contributed by atoms with Crippen LogP contribution in [-0.4, -0.2) is 6.61 Å². The molecule has 0 amide bonds. The molecule has 0 heterocycles. The molecule has 0 bridgehead atoms. The Balaban J connectivity index is 2.73. The summed E-state index contributed by atoms with van der Waals surface area (Å²) in [5, 5.41) is 0. The van der Waals surface area contributed by atoms with Crippen LogP contribution < -0.4 is 10.5 Å². The topological polar surface area (TPSA) is 35.2 Å². The van der Waals surface area contributed by atoms with Crippen molar-refractivity contribution in [2.45, 2.75) is 33.7 Å². The zero-order chi connectivity index (χ0) is 12.1. The molecule has 0 saturated heterocycles. The van der Waals surface area contributed by atoms with Gasteiger partial charge in [0.25, 0.3) is 0 Å². The van der Waals surface area contributed by atoms with Gasteiger partial charge in [-0.25, -0.2) is 0 Å². The molecule has 0 aliphatic rings. The SMILES string of the molecule is CCOc1ccc(C(N)C(C)C(C)C)cc1. The van der Waals surface area contributed by atoms with Gasteiger partial charge in [-0.3, -0.25) is 0 Å². The predicted octanol–water partition coefficient (Wildman–Crippen LogP) is 3.38. The lowest BCUT2D eigenvalue weighted by atomic mass is 9.87. The van der Waals surface area contributed by atoms with Crippen LogP contribution in [0.2, 0.25) is 0 Å². The van der Waals surface area contributed by atoms with Crippen LogP contribution >= 0.6 is 0 Å². The van der Waals surface area contributed by atoms with Gasteiger partial charge in [0.05, 0.1) is 6.61 Å². The largest absolute Gasteiger partial charge is 0.494 e. The third-order valence-corrected chi connectivity index (χ3v) is 3.19. The first kappa shape index (κ1) is 13.0. The van der Waals surface area contributed by atoms with Gasteiger partial charge < -0.3 is 10.5 Å². The lowest BCUT2D eigenvalue weighted by Crippen LogP contribution is -2.22. The Bertz CT molecular complexity index is 305. The average molecular weight is 221 g/mol. The minimum Gasteiger partial charge on any atom is -0.494 e. The molecule has 1 aromatic carbocycles. The highest BCUT2D eigenvalue weighted by Crippen LogP contribution is 2.26. The van der Waals surface area contributed by atoms with Crippen molar-refractivity contribution < 1.29 is 4.74 Å². The van der Waals surface area contributed by atoms with Crippen molar-refractivity contribution in [3.05, 3.63) is 29.8 Å². The Morgan fingerprint density at radius 3 is 2.12 bits per heavy atom. The van der Waals surface area contributed by atoms with E-state index in [1.807, 2.05) is 19.1 Å². The maximum Gasteiger partial charge on any atom is 0.119 e. The fraction of sp³-hybridized carbons (Fsp3) is 0.571. The van der Waals surface area contributed by atoms with Crippen molar-refractivity contribution in [3.63, 3.8) is 0 Å². The van der Waals surface area contributed by atoms with Crippen LogP contribution in [-0.2, 0) is 0 Å². The summed E-state index contributed by atoms with van der Waals surface area (Å²) in [5.41, 5.74) is 7.41. The molecule has 0 saturated carbocycles. The number of benzene rings is 1. The first-order chi connectivity index (χ1) is 7.56. The van der Waals surface area contributed by atoms with Crippen LogP contribution in [0.25, 0.3) is 0 Å². The average Bonchev–Trinajstić information content (AvgIpc) is 2.28. The summed E-state index contributed by atoms with van der Waals surface area (Å²) in [6, 6.07) is 8.22. The monoisotopic (exact) mass is 221 g/mol. The second-order valence-electron chi connectivity index (χ2n) is 4.63. The van der Waals surface area contributed by atoms with Crippen molar-refractivity contribution in [1.29, 1.82) is 0 Å². The quantitative estimate of drug-likeness (QED) is 0.827. The van der Waals surface area contributed by atoms with Crippen LogP contribution in [0.1, 0.15) is 39.3 Å². The van der Waals surface area contributed by atoms with E-state index in [1.54, 1.807) is 0 Å². The number of rotatable bonds is 5. The van der Waals surface area contributed by atoms with Gasteiger partial charge in [-0.15, -0.1) is 0 Å². The van der Waals surface area contributed by atoms with Gasteiger partial charge in [-0.2, -0.15) is 0 Å². The summed E-state index contributed by atoms with van der Waals surface area (Å²) in [4.78, 5) is 0. The van der Waals surface area contributed by atoms with Gasteiger partial charge in [0.2, 0.25) is 0 Å². The van der Waals surface area contributed by atoms with Crippen molar-refractivity contribution in [2.24, 2.45) is 17.6 Å². The van der Waals surface area contributed by atoms with Gasteiger partial charge in [0.15, 0.2) is 0 Å². The number of hydrogen-bond donors (Lipinski definition) is 1. The van der Waals surface area contributed by atoms with Crippen LogP contribution in [0, 0.1) is 11.8 Å². The van der Waals surface area contributed by atoms with Crippen LogP contribution in [0.5, 0.6) is 5.75 Å². The molecule has 0 aromatic heterocycles. The number of hydrogen-bond acceptors (Lipinski definition) is 2. The number of ether oxygens (including phenoxy) is 1. The summed E-state index contributed by atoms with van der Waals surface area (Å²) < 4.78 is 5.41. The minimum absolute atomic E-state index is 0.107. The fourth-order valence-electron chi connectivity index (χ4n) is 1.67. The Morgan fingerprint density at radius 2 is 1.69 bits per heavy atom. The Kier molecular flexibility index (Phi) is 4.81. The van der Waals surface area contributed by atoms with Crippen molar-refractivity contribution in [3.8, 4) is 5.75 Å². The molecule has 1 rings (SSSR count). The Labute approximate surface area is 98.8 Å². The van der Waals surface area contributed by atoms with Gasteiger partial charge >= 0.3 is 0 Å². The fourth-order valence-corrected chi connectivity index (χ4v) is 1.67. The van der Waals surface area contributed by atoms with Crippen LogP contribution in [0.3, 0.4) is 0 Å². The van der Waals surface area contributed by atoms with Crippen molar-refractivity contribution in [2.75, 3.05) is 6.61 Å². The second kappa shape index (κ2) is 5.90. The lowest BCUT2D eigenvalue weighted by molar-refractivity contribution is 0.338.